The van der Waals surface area contributed by atoms with Crippen molar-refractivity contribution >= 4 is 40.1 Å². The van der Waals surface area contributed by atoms with E-state index in [-0.39, 0.29) is 11.3 Å². The molecule has 0 saturated heterocycles. The quantitative estimate of drug-likeness (QED) is 0.647. The highest BCUT2D eigenvalue weighted by atomic mass is 127. The molecular weight excluding hydrogens is 349 g/mol. The summed E-state index contributed by atoms with van der Waals surface area (Å²) in [5.41, 5.74) is 0.717. The van der Waals surface area contributed by atoms with E-state index in [0.717, 1.165) is 22.0 Å². The molecule has 0 heterocycles. The molecule has 2 nitrogen and oxygen atoms in total. The van der Waals surface area contributed by atoms with Crippen LogP contribution in [-0.4, -0.2) is 17.8 Å². The summed E-state index contributed by atoms with van der Waals surface area (Å²) >= 11 is 8.40. The fourth-order valence-electron chi connectivity index (χ4n) is 2.15. The molecule has 92 valence electrons. The molecule has 2 unspecified atom stereocenters. The Hall–Kier alpha value is -0.290. The van der Waals surface area contributed by atoms with Gasteiger partial charge in [-0.05, 0) is 65.6 Å². The maximum absolute atomic E-state index is 11.9. The maximum Gasteiger partial charge on any atom is 0.251 e. The van der Waals surface area contributed by atoms with E-state index in [9.17, 15) is 4.79 Å². The zero-order chi connectivity index (χ0) is 12.3. The van der Waals surface area contributed by atoms with Crippen molar-refractivity contribution < 1.29 is 4.79 Å². The second kappa shape index (κ2) is 6.05. The first-order chi connectivity index (χ1) is 8.16. The van der Waals surface area contributed by atoms with E-state index in [4.69, 9.17) is 11.6 Å². The lowest BCUT2D eigenvalue weighted by Crippen LogP contribution is -2.31. The summed E-state index contributed by atoms with van der Waals surface area (Å²) in [6, 6.07) is 7.58. The van der Waals surface area contributed by atoms with Crippen molar-refractivity contribution in [2.45, 2.75) is 24.6 Å². The molecule has 17 heavy (non-hydrogen) atoms. The highest BCUT2D eigenvalue weighted by molar-refractivity contribution is 14.1. The standard InChI is InChI=1S/C13H15ClINO/c14-12-3-1-2-10(12)8-16-13(17)9-4-6-11(15)7-5-9/h4-7,10,12H,1-3,8H2,(H,16,17). The second-order valence-corrected chi connectivity index (χ2v) is 6.23. The summed E-state index contributed by atoms with van der Waals surface area (Å²) in [4.78, 5) is 11.9. The van der Waals surface area contributed by atoms with Crippen LogP contribution in [0.15, 0.2) is 24.3 Å². The zero-order valence-electron chi connectivity index (χ0n) is 9.46. The third-order valence-corrected chi connectivity index (χ3v) is 4.49. The number of hydrogen-bond acceptors (Lipinski definition) is 1. The Bertz CT molecular complexity index is 393. The van der Waals surface area contributed by atoms with Crippen molar-refractivity contribution in [2.24, 2.45) is 5.92 Å². The summed E-state index contributed by atoms with van der Waals surface area (Å²) in [5.74, 6) is 0.432. The van der Waals surface area contributed by atoms with E-state index >= 15 is 0 Å². The Morgan fingerprint density at radius 1 is 1.35 bits per heavy atom. The second-order valence-electron chi connectivity index (χ2n) is 4.42. The monoisotopic (exact) mass is 363 g/mol. The predicted octanol–water partition coefficient (Wildman–Crippen LogP) is 3.43. The van der Waals surface area contributed by atoms with Gasteiger partial charge in [0, 0.05) is 21.1 Å². The average Bonchev–Trinajstić information content (AvgIpc) is 2.73. The molecule has 1 aliphatic rings. The molecule has 1 fully saturated rings. The van der Waals surface area contributed by atoms with Crippen LogP contribution >= 0.6 is 34.2 Å². The van der Waals surface area contributed by atoms with Crippen molar-refractivity contribution in [3.8, 4) is 0 Å². The molecular formula is C13H15ClINO. The van der Waals surface area contributed by atoms with Crippen molar-refractivity contribution in [3.05, 3.63) is 33.4 Å². The Labute approximate surface area is 120 Å². The van der Waals surface area contributed by atoms with E-state index in [0.29, 0.717) is 12.5 Å². The van der Waals surface area contributed by atoms with Gasteiger partial charge in [0.25, 0.3) is 5.91 Å². The van der Waals surface area contributed by atoms with Gasteiger partial charge in [-0.15, -0.1) is 11.6 Å². The van der Waals surface area contributed by atoms with Crippen LogP contribution in [0, 0.1) is 9.49 Å². The minimum atomic E-state index is -0.00262. The normalized spacial score (nSPS) is 23.6. The van der Waals surface area contributed by atoms with Gasteiger partial charge in [-0.2, -0.15) is 0 Å². The molecule has 1 aliphatic carbocycles. The van der Waals surface area contributed by atoms with E-state index < -0.39 is 0 Å². The Morgan fingerprint density at radius 3 is 2.65 bits per heavy atom. The van der Waals surface area contributed by atoms with Gasteiger partial charge >= 0.3 is 0 Å². The van der Waals surface area contributed by atoms with Crippen LogP contribution in [0.25, 0.3) is 0 Å². The maximum atomic E-state index is 11.9. The third kappa shape index (κ3) is 3.58. The minimum absolute atomic E-state index is 0.00262. The summed E-state index contributed by atoms with van der Waals surface area (Å²) in [7, 11) is 0. The molecule has 2 rings (SSSR count). The van der Waals surface area contributed by atoms with Crippen LogP contribution in [0.3, 0.4) is 0 Å². The van der Waals surface area contributed by atoms with Crippen molar-refractivity contribution in [2.75, 3.05) is 6.54 Å². The van der Waals surface area contributed by atoms with Crippen LogP contribution < -0.4 is 5.32 Å². The van der Waals surface area contributed by atoms with E-state index in [1.54, 1.807) is 0 Å². The summed E-state index contributed by atoms with van der Waals surface area (Å²) in [5, 5.41) is 3.19. The zero-order valence-corrected chi connectivity index (χ0v) is 12.4. The molecule has 1 N–H and O–H groups in total. The highest BCUT2D eigenvalue weighted by Gasteiger charge is 2.25. The summed E-state index contributed by atoms with van der Waals surface area (Å²) in [6.07, 6.45) is 3.38. The first kappa shape index (κ1) is 13.1. The molecule has 2 atom stereocenters. The van der Waals surface area contributed by atoms with Gasteiger partial charge in [0.05, 0.1) is 0 Å². The van der Waals surface area contributed by atoms with Crippen molar-refractivity contribution in [3.63, 3.8) is 0 Å². The minimum Gasteiger partial charge on any atom is -0.352 e. The highest BCUT2D eigenvalue weighted by Crippen LogP contribution is 2.29. The van der Waals surface area contributed by atoms with Gasteiger partial charge in [-0.3, -0.25) is 4.79 Å². The number of rotatable bonds is 3. The first-order valence-electron chi connectivity index (χ1n) is 5.84. The van der Waals surface area contributed by atoms with Crippen LogP contribution in [0.5, 0.6) is 0 Å². The molecule has 0 bridgehead atoms. The fourth-order valence-corrected chi connectivity index (χ4v) is 2.88. The van der Waals surface area contributed by atoms with Gasteiger partial charge in [0.1, 0.15) is 0 Å². The number of hydrogen-bond donors (Lipinski definition) is 1. The number of nitrogens with one attached hydrogen (secondary N) is 1. The van der Waals surface area contributed by atoms with Crippen molar-refractivity contribution in [1.29, 1.82) is 0 Å². The lowest BCUT2D eigenvalue weighted by atomic mass is 10.1. The van der Waals surface area contributed by atoms with E-state index in [1.807, 2.05) is 24.3 Å². The van der Waals surface area contributed by atoms with Crippen LogP contribution in [0.2, 0.25) is 0 Å². The van der Waals surface area contributed by atoms with E-state index in [2.05, 4.69) is 27.9 Å². The lowest BCUT2D eigenvalue weighted by Gasteiger charge is -2.14. The van der Waals surface area contributed by atoms with Gasteiger partial charge in [-0.25, -0.2) is 0 Å². The average molecular weight is 364 g/mol. The smallest absolute Gasteiger partial charge is 0.251 e. The van der Waals surface area contributed by atoms with Crippen LogP contribution in [0.4, 0.5) is 0 Å². The molecule has 1 aromatic rings. The number of carbonyl (C=O) groups excluding carboxylic acids is 1. The lowest BCUT2D eigenvalue weighted by molar-refractivity contribution is 0.0947. The summed E-state index contributed by atoms with van der Waals surface area (Å²) < 4.78 is 1.13. The van der Waals surface area contributed by atoms with Gasteiger partial charge < -0.3 is 5.32 Å². The number of alkyl halides is 1. The molecule has 1 aromatic carbocycles. The molecule has 0 spiro atoms. The first-order valence-corrected chi connectivity index (χ1v) is 7.36. The van der Waals surface area contributed by atoms with Crippen LogP contribution in [0.1, 0.15) is 29.6 Å². The largest absolute Gasteiger partial charge is 0.352 e. The number of carbonyl (C=O) groups is 1. The molecule has 0 aromatic heterocycles. The molecule has 0 radical (unpaired) electrons. The Kier molecular flexibility index (Phi) is 4.68. The predicted molar refractivity (Wildman–Crippen MR) is 78.5 cm³/mol. The molecule has 0 aliphatic heterocycles. The SMILES string of the molecule is O=C(NCC1CCCC1Cl)c1ccc(I)cc1. The summed E-state index contributed by atoms with van der Waals surface area (Å²) in [6.45, 7) is 0.693. The van der Waals surface area contributed by atoms with E-state index in [1.165, 1.54) is 6.42 Å². The third-order valence-electron chi connectivity index (χ3n) is 3.20. The van der Waals surface area contributed by atoms with Crippen LogP contribution in [-0.2, 0) is 0 Å². The van der Waals surface area contributed by atoms with Crippen molar-refractivity contribution in [1.82, 2.24) is 5.32 Å². The Morgan fingerprint density at radius 2 is 2.06 bits per heavy atom. The van der Waals surface area contributed by atoms with Gasteiger partial charge in [-0.1, -0.05) is 6.42 Å². The topological polar surface area (TPSA) is 29.1 Å². The number of halogens is 2. The number of amides is 1. The number of benzene rings is 1. The van der Waals surface area contributed by atoms with Gasteiger partial charge in [0.2, 0.25) is 0 Å². The molecule has 4 heteroatoms. The fraction of sp³-hybridized carbons (Fsp3) is 0.462. The Balaban J connectivity index is 1.87. The molecule has 1 saturated carbocycles. The molecule has 1 amide bonds. The van der Waals surface area contributed by atoms with Gasteiger partial charge in [0.15, 0.2) is 0 Å².